The molecule has 0 bridgehead atoms. The second-order valence-electron chi connectivity index (χ2n) is 7.90. The summed E-state index contributed by atoms with van der Waals surface area (Å²) in [6.07, 6.45) is 8.19. The molecule has 0 amide bonds. The van der Waals surface area contributed by atoms with Crippen LogP contribution in [0.4, 0.5) is 11.4 Å². The SMILES string of the molecule is c1cc(N2CCC2)cc(-n2cc3cc(N4CC5(CC5)C4)cnc3n2)c1. The van der Waals surface area contributed by atoms with E-state index in [1.807, 2.05) is 10.9 Å². The molecule has 1 aliphatic carbocycles. The zero-order valence-corrected chi connectivity index (χ0v) is 14.2. The Hall–Kier alpha value is -2.56. The van der Waals surface area contributed by atoms with Crippen LogP contribution in [0.1, 0.15) is 19.3 Å². The lowest BCUT2D eigenvalue weighted by Gasteiger charge is -2.41. The summed E-state index contributed by atoms with van der Waals surface area (Å²) in [4.78, 5) is 9.45. The largest absolute Gasteiger partial charge is 0.371 e. The number of anilines is 2. The van der Waals surface area contributed by atoms with Crippen molar-refractivity contribution in [2.75, 3.05) is 36.0 Å². The number of rotatable bonds is 3. The lowest BCUT2D eigenvalue weighted by molar-refractivity contribution is 0.387. The van der Waals surface area contributed by atoms with E-state index in [4.69, 9.17) is 0 Å². The summed E-state index contributed by atoms with van der Waals surface area (Å²) in [5.74, 6) is 0. The molecule has 1 aromatic carbocycles. The maximum absolute atomic E-state index is 4.68. The fourth-order valence-corrected chi connectivity index (χ4v) is 4.06. The first-order valence-electron chi connectivity index (χ1n) is 9.24. The van der Waals surface area contributed by atoms with Crippen LogP contribution < -0.4 is 9.80 Å². The lowest BCUT2D eigenvalue weighted by Crippen LogP contribution is -2.48. The third kappa shape index (κ3) is 2.15. The van der Waals surface area contributed by atoms with Crippen LogP contribution in [-0.4, -0.2) is 40.9 Å². The maximum Gasteiger partial charge on any atom is 0.181 e. The van der Waals surface area contributed by atoms with Crippen LogP contribution in [-0.2, 0) is 0 Å². The Bertz CT molecular complexity index is 959. The monoisotopic (exact) mass is 331 g/mol. The number of hydrogen-bond donors (Lipinski definition) is 0. The zero-order valence-electron chi connectivity index (χ0n) is 14.2. The second kappa shape index (κ2) is 4.75. The summed E-state index contributed by atoms with van der Waals surface area (Å²) in [6, 6.07) is 10.9. The summed E-state index contributed by atoms with van der Waals surface area (Å²) >= 11 is 0. The average Bonchev–Trinajstić information content (AvgIpc) is 3.24. The molecule has 2 aromatic heterocycles. The molecule has 25 heavy (non-hydrogen) atoms. The highest BCUT2D eigenvalue weighted by atomic mass is 15.3. The number of fused-ring (bicyclic) bond motifs is 1. The van der Waals surface area contributed by atoms with Gasteiger partial charge in [0.15, 0.2) is 5.65 Å². The van der Waals surface area contributed by atoms with Crippen molar-refractivity contribution in [1.29, 1.82) is 0 Å². The van der Waals surface area contributed by atoms with E-state index in [1.54, 1.807) is 0 Å². The highest BCUT2D eigenvalue weighted by Gasteiger charge is 2.52. The molecule has 2 saturated heterocycles. The van der Waals surface area contributed by atoms with Gasteiger partial charge in [-0.15, -0.1) is 5.10 Å². The molecule has 0 radical (unpaired) electrons. The minimum atomic E-state index is 0.663. The fraction of sp³-hybridized carbons (Fsp3) is 0.400. The van der Waals surface area contributed by atoms with Crippen molar-refractivity contribution in [2.24, 2.45) is 5.41 Å². The number of benzene rings is 1. The zero-order chi connectivity index (χ0) is 16.4. The molecule has 0 atom stereocenters. The van der Waals surface area contributed by atoms with Gasteiger partial charge in [-0.3, -0.25) is 0 Å². The first-order valence-corrected chi connectivity index (χ1v) is 9.24. The van der Waals surface area contributed by atoms with E-state index in [9.17, 15) is 0 Å². The summed E-state index contributed by atoms with van der Waals surface area (Å²) < 4.78 is 1.96. The smallest absolute Gasteiger partial charge is 0.181 e. The minimum Gasteiger partial charge on any atom is -0.371 e. The molecule has 5 heteroatoms. The Morgan fingerprint density at radius 1 is 0.920 bits per heavy atom. The van der Waals surface area contributed by atoms with Gasteiger partial charge in [0.25, 0.3) is 0 Å². The molecule has 0 unspecified atom stereocenters. The van der Waals surface area contributed by atoms with E-state index in [2.05, 4.69) is 56.4 Å². The fourth-order valence-electron chi connectivity index (χ4n) is 4.06. The van der Waals surface area contributed by atoms with Crippen molar-refractivity contribution in [1.82, 2.24) is 14.8 Å². The van der Waals surface area contributed by atoms with Crippen molar-refractivity contribution >= 4 is 22.4 Å². The normalized spacial score (nSPS) is 20.6. The van der Waals surface area contributed by atoms with Gasteiger partial charge in [0.1, 0.15) is 0 Å². The van der Waals surface area contributed by atoms with Gasteiger partial charge in [-0.2, -0.15) is 0 Å². The van der Waals surface area contributed by atoms with Crippen LogP contribution in [0, 0.1) is 5.41 Å². The van der Waals surface area contributed by atoms with Crippen LogP contribution in [0.2, 0.25) is 0 Å². The van der Waals surface area contributed by atoms with Gasteiger partial charge in [-0.25, -0.2) is 9.67 Å². The van der Waals surface area contributed by atoms with E-state index in [0.717, 1.165) is 29.8 Å². The summed E-state index contributed by atoms with van der Waals surface area (Å²) in [5.41, 5.74) is 5.10. The summed E-state index contributed by atoms with van der Waals surface area (Å²) in [5, 5.41) is 5.80. The standard InChI is InChI=1S/C20H21N5/c1-3-16(23-7-2-8-23)10-17(4-1)25-12-15-9-18(11-21-19(15)22-25)24-13-20(14-24)5-6-20/h1,3-4,9-12H,2,5-8,13-14H2. The van der Waals surface area contributed by atoms with Gasteiger partial charge >= 0.3 is 0 Å². The number of hydrogen-bond acceptors (Lipinski definition) is 4. The molecule has 2 aliphatic heterocycles. The second-order valence-corrected chi connectivity index (χ2v) is 7.90. The van der Waals surface area contributed by atoms with E-state index in [1.165, 1.54) is 43.7 Å². The highest BCUT2D eigenvalue weighted by Crippen LogP contribution is 2.53. The van der Waals surface area contributed by atoms with E-state index in [-0.39, 0.29) is 0 Å². The lowest BCUT2D eigenvalue weighted by atomic mass is 9.96. The van der Waals surface area contributed by atoms with Gasteiger partial charge in [0.2, 0.25) is 0 Å². The van der Waals surface area contributed by atoms with Crippen molar-refractivity contribution in [3.63, 3.8) is 0 Å². The first kappa shape index (κ1) is 13.7. The molecule has 3 aromatic rings. The van der Waals surface area contributed by atoms with E-state index in [0.29, 0.717) is 5.41 Å². The first-order chi connectivity index (χ1) is 12.3. The van der Waals surface area contributed by atoms with Crippen molar-refractivity contribution in [2.45, 2.75) is 19.3 Å². The summed E-state index contributed by atoms with van der Waals surface area (Å²) in [7, 11) is 0. The van der Waals surface area contributed by atoms with Gasteiger partial charge in [-0.1, -0.05) is 6.07 Å². The molecular weight excluding hydrogens is 310 g/mol. The molecule has 4 heterocycles. The highest BCUT2D eigenvalue weighted by molar-refractivity contribution is 5.79. The molecule has 1 saturated carbocycles. The Morgan fingerprint density at radius 2 is 1.76 bits per heavy atom. The molecule has 3 fully saturated rings. The quantitative estimate of drug-likeness (QED) is 0.738. The van der Waals surface area contributed by atoms with E-state index < -0.39 is 0 Å². The van der Waals surface area contributed by atoms with Gasteiger partial charge in [0, 0.05) is 48.9 Å². The average molecular weight is 331 g/mol. The Morgan fingerprint density at radius 3 is 2.52 bits per heavy atom. The van der Waals surface area contributed by atoms with Crippen LogP contribution >= 0.6 is 0 Å². The van der Waals surface area contributed by atoms with Crippen LogP contribution in [0.3, 0.4) is 0 Å². The minimum absolute atomic E-state index is 0.663. The third-order valence-corrected chi connectivity index (χ3v) is 6.03. The van der Waals surface area contributed by atoms with Gasteiger partial charge < -0.3 is 9.80 Å². The topological polar surface area (TPSA) is 37.2 Å². The van der Waals surface area contributed by atoms with E-state index >= 15 is 0 Å². The maximum atomic E-state index is 4.68. The predicted molar refractivity (Wildman–Crippen MR) is 99.6 cm³/mol. The van der Waals surface area contributed by atoms with Crippen LogP contribution in [0.15, 0.2) is 42.7 Å². The number of pyridine rings is 1. The van der Waals surface area contributed by atoms with Crippen LogP contribution in [0.25, 0.3) is 16.7 Å². The Labute approximate surface area is 146 Å². The Kier molecular flexibility index (Phi) is 2.60. The molecule has 126 valence electrons. The number of aromatic nitrogens is 3. The molecule has 6 rings (SSSR count). The van der Waals surface area contributed by atoms with Gasteiger partial charge in [-0.05, 0) is 43.5 Å². The molecule has 1 spiro atoms. The molecular formula is C20H21N5. The van der Waals surface area contributed by atoms with Crippen molar-refractivity contribution < 1.29 is 0 Å². The van der Waals surface area contributed by atoms with Gasteiger partial charge in [0.05, 0.1) is 17.6 Å². The third-order valence-electron chi connectivity index (χ3n) is 6.03. The predicted octanol–water partition coefficient (Wildman–Crippen LogP) is 3.23. The number of nitrogens with zero attached hydrogens (tertiary/aromatic N) is 5. The molecule has 5 nitrogen and oxygen atoms in total. The molecule has 3 aliphatic rings. The van der Waals surface area contributed by atoms with Crippen molar-refractivity contribution in [3.8, 4) is 5.69 Å². The molecule has 0 N–H and O–H groups in total. The summed E-state index contributed by atoms with van der Waals surface area (Å²) in [6.45, 7) is 4.72. The van der Waals surface area contributed by atoms with Crippen LogP contribution in [0.5, 0.6) is 0 Å². The Balaban J connectivity index is 1.32. The van der Waals surface area contributed by atoms with Crippen molar-refractivity contribution in [3.05, 3.63) is 42.7 Å².